The molecule has 0 saturated heterocycles. The van der Waals surface area contributed by atoms with Gasteiger partial charge in [-0.3, -0.25) is 4.79 Å². The number of aryl methyl sites for hydroxylation is 1. The number of esters is 1. The Kier molecular flexibility index (Phi) is 6.58. The zero-order valence-corrected chi connectivity index (χ0v) is 16.4. The summed E-state index contributed by atoms with van der Waals surface area (Å²) in [7, 11) is 0. The lowest BCUT2D eigenvalue weighted by molar-refractivity contribution is 0.0526. The molecule has 0 aliphatic carbocycles. The molecule has 2 N–H and O–H groups in total. The number of pyridine rings is 1. The van der Waals surface area contributed by atoms with Crippen LogP contribution in [0.2, 0.25) is 0 Å². The highest BCUT2D eigenvalue weighted by Crippen LogP contribution is 2.17. The lowest BCUT2D eigenvalue weighted by atomic mass is 10.1. The Labute approximate surface area is 169 Å². The quantitative estimate of drug-likeness (QED) is 0.591. The van der Waals surface area contributed by atoms with Crippen LogP contribution < -0.4 is 10.6 Å². The second kappa shape index (κ2) is 9.50. The van der Waals surface area contributed by atoms with E-state index in [1.54, 1.807) is 49.5 Å². The van der Waals surface area contributed by atoms with Gasteiger partial charge in [-0.1, -0.05) is 29.8 Å². The molecule has 0 atom stereocenters. The number of aromatic nitrogens is 1. The standard InChI is InChI=1S/C23H23N3O3/c1-3-29-23(28)18-7-9-19(10-8-18)26-20-11-12-21(24-15-20)22(27)25-14-17-6-4-5-16(2)13-17/h4-13,15,26H,3,14H2,1-2H3,(H,25,27). The second-order valence-electron chi connectivity index (χ2n) is 6.53. The van der Waals surface area contributed by atoms with Crippen LogP contribution in [0, 0.1) is 6.92 Å². The normalized spacial score (nSPS) is 10.3. The zero-order valence-electron chi connectivity index (χ0n) is 16.4. The van der Waals surface area contributed by atoms with Gasteiger partial charge >= 0.3 is 5.97 Å². The van der Waals surface area contributed by atoms with E-state index in [1.165, 1.54) is 0 Å². The van der Waals surface area contributed by atoms with E-state index in [4.69, 9.17) is 4.74 Å². The maximum atomic E-state index is 12.3. The van der Waals surface area contributed by atoms with E-state index in [0.29, 0.717) is 24.4 Å². The van der Waals surface area contributed by atoms with Crippen LogP contribution in [-0.4, -0.2) is 23.5 Å². The van der Waals surface area contributed by atoms with Crippen LogP contribution >= 0.6 is 0 Å². The summed E-state index contributed by atoms with van der Waals surface area (Å²) in [4.78, 5) is 28.2. The highest BCUT2D eigenvalue weighted by molar-refractivity contribution is 5.92. The topological polar surface area (TPSA) is 80.3 Å². The lowest BCUT2D eigenvalue weighted by Gasteiger charge is -2.09. The van der Waals surface area contributed by atoms with E-state index in [1.807, 2.05) is 31.2 Å². The summed E-state index contributed by atoms with van der Waals surface area (Å²) in [6.07, 6.45) is 1.60. The van der Waals surface area contributed by atoms with E-state index < -0.39 is 0 Å². The zero-order chi connectivity index (χ0) is 20.6. The van der Waals surface area contributed by atoms with Crippen LogP contribution in [0.15, 0.2) is 66.9 Å². The monoisotopic (exact) mass is 389 g/mol. The summed E-state index contributed by atoms with van der Waals surface area (Å²) in [5.41, 5.74) is 4.58. The minimum absolute atomic E-state index is 0.225. The molecule has 0 radical (unpaired) electrons. The minimum atomic E-state index is -0.346. The molecule has 3 rings (SSSR count). The number of nitrogens with one attached hydrogen (secondary N) is 2. The molecule has 1 heterocycles. The number of anilines is 2. The average Bonchev–Trinajstić information content (AvgIpc) is 2.73. The minimum Gasteiger partial charge on any atom is -0.462 e. The van der Waals surface area contributed by atoms with Crippen molar-refractivity contribution in [2.75, 3.05) is 11.9 Å². The van der Waals surface area contributed by atoms with Gasteiger partial charge in [0.05, 0.1) is 24.1 Å². The second-order valence-corrected chi connectivity index (χ2v) is 6.53. The molecule has 6 nitrogen and oxygen atoms in total. The number of ether oxygens (including phenoxy) is 1. The number of amides is 1. The number of rotatable bonds is 7. The third kappa shape index (κ3) is 5.65. The summed E-state index contributed by atoms with van der Waals surface area (Å²) in [5, 5.41) is 6.06. The fourth-order valence-corrected chi connectivity index (χ4v) is 2.77. The third-order valence-electron chi connectivity index (χ3n) is 4.22. The Morgan fingerprint density at radius 3 is 2.41 bits per heavy atom. The molecule has 1 amide bonds. The molecule has 29 heavy (non-hydrogen) atoms. The van der Waals surface area contributed by atoms with Crippen molar-refractivity contribution >= 4 is 23.3 Å². The van der Waals surface area contributed by atoms with Gasteiger partial charge in [0, 0.05) is 12.2 Å². The van der Waals surface area contributed by atoms with Crippen LogP contribution in [0.1, 0.15) is 38.9 Å². The molecule has 6 heteroatoms. The molecule has 0 aliphatic rings. The van der Waals surface area contributed by atoms with Gasteiger partial charge in [0.15, 0.2) is 0 Å². The van der Waals surface area contributed by atoms with Crippen molar-refractivity contribution in [3.05, 3.63) is 89.2 Å². The molecule has 2 aromatic carbocycles. The van der Waals surface area contributed by atoms with Gasteiger partial charge in [-0.05, 0) is 55.8 Å². The number of carbonyl (C=O) groups excluding carboxylic acids is 2. The van der Waals surface area contributed by atoms with Crippen molar-refractivity contribution in [1.29, 1.82) is 0 Å². The van der Waals surface area contributed by atoms with E-state index in [0.717, 1.165) is 22.5 Å². The Bertz CT molecular complexity index is 983. The van der Waals surface area contributed by atoms with Gasteiger partial charge in [-0.2, -0.15) is 0 Å². The predicted octanol–water partition coefficient (Wildman–Crippen LogP) is 4.24. The summed E-state index contributed by atoms with van der Waals surface area (Å²) in [6, 6.07) is 18.4. The molecule has 1 aromatic heterocycles. The van der Waals surface area contributed by atoms with Crippen LogP contribution in [-0.2, 0) is 11.3 Å². The molecule has 3 aromatic rings. The molecule has 0 bridgehead atoms. The maximum absolute atomic E-state index is 12.3. The van der Waals surface area contributed by atoms with Crippen molar-refractivity contribution in [3.8, 4) is 0 Å². The molecule has 0 saturated carbocycles. The SMILES string of the molecule is CCOC(=O)c1ccc(Nc2ccc(C(=O)NCc3cccc(C)c3)nc2)cc1. The van der Waals surface area contributed by atoms with Crippen LogP contribution in [0.3, 0.4) is 0 Å². The van der Waals surface area contributed by atoms with Gasteiger partial charge in [0.25, 0.3) is 5.91 Å². The predicted molar refractivity (Wildman–Crippen MR) is 112 cm³/mol. The van der Waals surface area contributed by atoms with Gasteiger partial charge < -0.3 is 15.4 Å². The highest BCUT2D eigenvalue weighted by Gasteiger charge is 2.08. The number of hydrogen-bond acceptors (Lipinski definition) is 5. The number of benzene rings is 2. The molecule has 148 valence electrons. The average molecular weight is 389 g/mol. The maximum Gasteiger partial charge on any atom is 0.338 e. The van der Waals surface area contributed by atoms with Crippen molar-refractivity contribution in [1.82, 2.24) is 10.3 Å². The highest BCUT2D eigenvalue weighted by atomic mass is 16.5. The molecule has 0 aliphatic heterocycles. The van der Waals surface area contributed by atoms with E-state index in [2.05, 4.69) is 15.6 Å². The molecular formula is C23H23N3O3. The van der Waals surface area contributed by atoms with Crippen molar-refractivity contribution in [2.45, 2.75) is 20.4 Å². The molecule has 0 fully saturated rings. The fourth-order valence-electron chi connectivity index (χ4n) is 2.77. The van der Waals surface area contributed by atoms with E-state index >= 15 is 0 Å². The molecule has 0 spiro atoms. The smallest absolute Gasteiger partial charge is 0.338 e. The number of hydrogen-bond donors (Lipinski definition) is 2. The first-order valence-corrected chi connectivity index (χ1v) is 9.39. The van der Waals surface area contributed by atoms with E-state index in [9.17, 15) is 9.59 Å². The van der Waals surface area contributed by atoms with Gasteiger partial charge in [0.1, 0.15) is 5.69 Å². The van der Waals surface area contributed by atoms with Gasteiger partial charge in [0.2, 0.25) is 0 Å². The first-order chi connectivity index (χ1) is 14.0. The number of carbonyl (C=O) groups is 2. The van der Waals surface area contributed by atoms with Crippen molar-refractivity contribution < 1.29 is 14.3 Å². The number of nitrogens with zero attached hydrogens (tertiary/aromatic N) is 1. The molecule has 0 unspecified atom stereocenters. The Morgan fingerprint density at radius 2 is 1.76 bits per heavy atom. The van der Waals surface area contributed by atoms with Crippen molar-refractivity contribution in [3.63, 3.8) is 0 Å². The summed E-state index contributed by atoms with van der Waals surface area (Å²) in [5.74, 6) is -0.571. The van der Waals surface area contributed by atoms with Crippen molar-refractivity contribution in [2.24, 2.45) is 0 Å². The largest absolute Gasteiger partial charge is 0.462 e. The van der Waals surface area contributed by atoms with Crippen LogP contribution in [0.5, 0.6) is 0 Å². The Morgan fingerprint density at radius 1 is 1.00 bits per heavy atom. The van der Waals surface area contributed by atoms with Gasteiger partial charge in [-0.25, -0.2) is 9.78 Å². The summed E-state index contributed by atoms with van der Waals surface area (Å²) in [6.45, 7) is 4.58. The van der Waals surface area contributed by atoms with Crippen LogP contribution in [0.4, 0.5) is 11.4 Å². The van der Waals surface area contributed by atoms with Crippen LogP contribution in [0.25, 0.3) is 0 Å². The lowest BCUT2D eigenvalue weighted by Crippen LogP contribution is -2.23. The summed E-state index contributed by atoms with van der Waals surface area (Å²) < 4.78 is 4.97. The Balaban J connectivity index is 1.56. The van der Waals surface area contributed by atoms with Gasteiger partial charge in [-0.15, -0.1) is 0 Å². The molecular weight excluding hydrogens is 366 g/mol. The first-order valence-electron chi connectivity index (χ1n) is 9.39. The first kappa shape index (κ1) is 20.1. The Hall–Kier alpha value is -3.67. The van der Waals surface area contributed by atoms with E-state index in [-0.39, 0.29) is 11.9 Å². The third-order valence-corrected chi connectivity index (χ3v) is 4.22. The summed E-state index contributed by atoms with van der Waals surface area (Å²) >= 11 is 0. The fraction of sp³-hybridized carbons (Fsp3) is 0.174.